The number of fused-ring (bicyclic) bond motifs is 2. The van der Waals surface area contributed by atoms with E-state index in [0.29, 0.717) is 0 Å². The van der Waals surface area contributed by atoms with Crippen molar-refractivity contribution < 1.29 is 0 Å². The molecule has 0 nitrogen and oxygen atoms in total. The van der Waals surface area contributed by atoms with Crippen LogP contribution in [0, 0.1) is 30.6 Å². The molecule has 0 aromatic heterocycles. The van der Waals surface area contributed by atoms with E-state index in [1.807, 2.05) is 0 Å². The van der Waals surface area contributed by atoms with Crippen molar-refractivity contribution >= 4 is 0 Å². The van der Waals surface area contributed by atoms with Crippen molar-refractivity contribution in [1.29, 1.82) is 0 Å². The molecule has 0 amide bonds. The van der Waals surface area contributed by atoms with Gasteiger partial charge < -0.3 is 0 Å². The van der Waals surface area contributed by atoms with Gasteiger partial charge in [0.1, 0.15) is 0 Å². The summed E-state index contributed by atoms with van der Waals surface area (Å²) >= 11 is 0. The van der Waals surface area contributed by atoms with Crippen LogP contribution in [0.5, 0.6) is 0 Å². The number of hydrogen-bond acceptors (Lipinski definition) is 0. The predicted octanol–water partition coefficient (Wildman–Crippen LogP) is 2.67. The van der Waals surface area contributed by atoms with E-state index < -0.39 is 0 Å². The summed E-state index contributed by atoms with van der Waals surface area (Å²) in [6.45, 7) is 6.51. The van der Waals surface area contributed by atoms with E-state index in [-0.39, 0.29) is 0 Å². The Morgan fingerprint density at radius 3 is 2.50 bits per heavy atom. The summed E-state index contributed by atoms with van der Waals surface area (Å²) in [4.78, 5) is 0. The molecular weight excluding hydrogens is 120 g/mol. The lowest BCUT2D eigenvalue weighted by Crippen LogP contribution is -2.15. The molecule has 0 aromatic rings. The second-order valence-electron chi connectivity index (χ2n) is 3.68. The Hall–Kier alpha value is -0.260. The average Bonchev–Trinajstić information content (AvgIpc) is 2.46. The average molecular weight is 135 g/mol. The molecule has 0 saturated heterocycles. The van der Waals surface area contributed by atoms with Gasteiger partial charge in [0, 0.05) is 0 Å². The fourth-order valence-electron chi connectivity index (χ4n) is 2.63. The summed E-state index contributed by atoms with van der Waals surface area (Å²) in [5, 5.41) is 0. The molecule has 0 spiro atoms. The minimum absolute atomic E-state index is 0.722. The Morgan fingerprint density at radius 2 is 2.10 bits per heavy atom. The Labute approximate surface area is 63.3 Å². The number of hydrogen-bond donors (Lipinski definition) is 0. The Kier molecular flexibility index (Phi) is 1.36. The molecule has 2 unspecified atom stereocenters. The SMILES string of the molecule is [CH2][C@H]1C2C=CC(C2)[C@H]1CC. The maximum absolute atomic E-state index is 4.22. The van der Waals surface area contributed by atoms with Crippen molar-refractivity contribution in [2.75, 3.05) is 0 Å². The van der Waals surface area contributed by atoms with E-state index in [2.05, 4.69) is 26.0 Å². The summed E-state index contributed by atoms with van der Waals surface area (Å²) < 4.78 is 0. The first-order valence-corrected chi connectivity index (χ1v) is 4.34. The summed E-state index contributed by atoms with van der Waals surface area (Å²) in [6, 6.07) is 0. The zero-order valence-corrected chi connectivity index (χ0v) is 6.59. The maximum Gasteiger partial charge on any atom is -0.0196 e. The summed E-state index contributed by atoms with van der Waals surface area (Å²) in [5.41, 5.74) is 0. The van der Waals surface area contributed by atoms with Gasteiger partial charge in [-0.2, -0.15) is 0 Å². The molecule has 55 valence electrons. The molecule has 0 aromatic carbocycles. The molecule has 0 heteroatoms. The highest BCUT2D eigenvalue weighted by Gasteiger charge is 2.40. The number of allylic oxidation sites excluding steroid dienone is 2. The zero-order chi connectivity index (χ0) is 7.14. The van der Waals surface area contributed by atoms with Crippen LogP contribution in [0.15, 0.2) is 12.2 Å². The molecule has 1 radical (unpaired) electrons. The van der Waals surface area contributed by atoms with Crippen molar-refractivity contribution in [3.63, 3.8) is 0 Å². The lowest BCUT2D eigenvalue weighted by molar-refractivity contribution is 0.355. The van der Waals surface area contributed by atoms with E-state index in [4.69, 9.17) is 0 Å². The topological polar surface area (TPSA) is 0 Å². The minimum Gasteiger partial charge on any atom is -0.0848 e. The minimum atomic E-state index is 0.722. The van der Waals surface area contributed by atoms with Gasteiger partial charge in [-0.25, -0.2) is 0 Å². The molecule has 2 aliphatic carbocycles. The molecule has 0 aliphatic heterocycles. The summed E-state index contributed by atoms with van der Waals surface area (Å²) in [7, 11) is 0. The van der Waals surface area contributed by atoms with Crippen LogP contribution in [-0.2, 0) is 0 Å². The zero-order valence-electron chi connectivity index (χ0n) is 6.59. The van der Waals surface area contributed by atoms with Gasteiger partial charge >= 0.3 is 0 Å². The van der Waals surface area contributed by atoms with Gasteiger partial charge in [-0.15, -0.1) is 0 Å². The Bertz CT molecular complexity index is 157. The van der Waals surface area contributed by atoms with Gasteiger partial charge in [0.05, 0.1) is 0 Å². The highest BCUT2D eigenvalue weighted by Crippen LogP contribution is 2.48. The first kappa shape index (κ1) is 6.45. The fraction of sp³-hybridized carbons (Fsp3) is 0.700. The highest BCUT2D eigenvalue weighted by atomic mass is 14.4. The largest absolute Gasteiger partial charge is 0.0848 e. The van der Waals surface area contributed by atoms with Crippen molar-refractivity contribution in [2.24, 2.45) is 23.7 Å². The van der Waals surface area contributed by atoms with Gasteiger partial charge in [0.25, 0.3) is 0 Å². The number of rotatable bonds is 1. The van der Waals surface area contributed by atoms with Gasteiger partial charge in [-0.3, -0.25) is 0 Å². The monoisotopic (exact) mass is 135 g/mol. The summed E-state index contributed by atoms with van der Waals surface area (Å²) in [6.07, 6.45) is 7.49. The predicted molar refractivity (Wildman–Crippen MR) is 43.4 cm³/mol. The molecule has 2 aliphatic rings. The summed E-state index contributed by atoms with van der Waals surface area (Å²) in [5.74, 6) is 3.34. The van der Waals surface area contributed by atoms with Crippen molar-refractivity contribution in [2.45, 2.75) is 19.8 Å². The van der Waals surface area contributed by atoms with Gasteiger partial charge in [-0.05, 0) is 37.0 Å². The third-order valence-corrected chi connectivity index (χ3v) is 3.27. The van der Waals surface area contributed by atoms with Gasteiger partial charge in [-0.1, -0.05) is 25.5 Å². The smallest absolute Gasteiger partial charge is 0.0196 e. The van der Waals surface area contributed by atoms with Crippen molar-refractivity contribution in [3.05, 3.63) is 19.1 Å². The third-order valence-electron chi connectivity index (χ3n) is 3.27. The van der Waals surface area contributed by atoms with Gasteiger partial charge in [0.15, 0.2) is 0 Å². The Balaban J connectivity index is 2.18. The molecule has 0 N–H and O–H groups in total. The van der Waals surface area contributed by atoms with Gasteiger partial charge in [0.2, 0.25) is 0 Å². The van der Waals surface area contributed by atoms with E-state index in [9.17, 15) is 0 Å². The normalized spacial score (nSPS) is 50.6. The van der Waals surface area contributed by atoms with Crippen LogP contribution in [0.4, 0.5) is 0 Å². The van der Waals surface area contributed by atoms with Crippen LogP contribution in [-0.4, -0.2) is 0 Å². The Morgan fingerprint density at radius 1 is 1.40 bits per heavy atom. The van der Waals surface area contributed by atoms with E-state index in [1.165, 1.54) is 12.8 Å². The van der Waals surface area contributed by atoms with Crippen LogP contribution >= 0.6 is 0 Å². The quantitative estimate of drug-likeness (QED) is 0.485. The van der Waals surface area contributed by atoms with Crippen LogP contribution in [0.3, 0.4) is 0 Å². The van der Waals surface area contributed by atoms with Crippen LogP contribution in [0.1, 0.15) is 19.8 Å². The second kappa shape index (κ2) is 2.11. The van der Waals surface area contributed by atoms with Crippen molar-refractivity contribution in [3.8, 4) is 0 Å². The lowest BCUT2D eigenvalue weighted by Gasteiger charge is -2.22. The van der Waals surface area contributed by atoms with Crippen molar-refractivity contribution in [1.82, 2.24) is 0 Å². The molecule has 1 fully saturated rings. The molecule has 2 bridgehead atoms. The molecular formula is C10H15. The van der Waals surface area contributed by atoms with E-state index >= 15 is 0 Å². The van der Waals surface area contributed by atoms with E-state index in [1.54, 1.807) is 0 Å². The molecule has 2 rings (SSSR count). The van der Waals surface area contributed by atoms with Crippen LogP contribution < -0.4 is 0 Å². The fourth-order valence-corrected chi connectivity index (χ4v) is 2.63. The van der Waals surface area contributed by atoms with Crippen LogP contribution in [0.2, 0.25) is 0 Å². The highest BCUT2D eigenvalue weighted by molar-refractivity contribution is 5.13. The first-order chi connectivity index (χ1) is 4.83. The molecule has 1 saturated carbocycles. The second-order valence-corrected chi connectivity index (χ2v) is 3.68. The molecule has 0 heterocycles. The molecule has 10 heavy (non-hydrogen) atoms. The van der Waals surface area contributed by atoms with Crippen LogP contribution in [0.25, 0.3) is 0 Å². The first-order valence-electron chi connectivity index (χ1n) is 4.34. The van der Waals surface area contributed by atoms with E-state index in [0.717, 1.165) is 23.7 Å². The molecule has 4 atom stereocenters. The maximum atomic E-state index is 4.22. The standard InChI is InChI=1S/C10H15/c1-3-10-7(2)8-4-5-9(10)6-8/h4-5,7-10H,2-3,6H2,1H3/t7-,8?,9?,10-/m0/s1. The lowest BCUT2D eigenvalue weighted by atomic mass is 9.83. The third kappa shape index (κ3) is 0.680.